The molecule has 1 aromatic heterocycles. The first-order valence-corrected chi connectivity index (χ1v) is 11.0. The molecule has 1 amide bonds. The van der Waals surface area contributed by atoms with E-state index >= 15 is 0 Å². The zero-order valence-corrected chi connectivity index (χ0v) is 16.7. The van der Waals surface area contributed by atoms with Gasteiger partial charge in [0.05, 0.1) is 10.6 Å². The van der Waals surface area contributed by atoms with Crippen molar-refractivity contribution in [3.05, 3.63) is 75.5 Å². The highest BCUT2D eigenvalue weighted by Gasteiger charge is 2.34. The predicted molar refractivity (Wildman–Crippen MR) is 107 cm³/mol. The zero-order valence-electron chi connectivity index (χ0n) is 15.0. The number of hydrogen-bond acceptors (Lipinski definition) is 4. The van der Waals surface area contributed by atoms with E-state index in [1.165, 1.54) is 11.3 Å². The fourth-order valence-electron chi connectivity index (χ4n) is 3.40. The molecule has 0 saturated carbocycles. The Kier molecular flexibility index (Phi) is 4.40. The van der Waals surface area contributed by atoms with Gasteiger partial charge in [0.2, 0.25) is 15.7 Å². The molecule has 0 saturated heterocycles. The zero-order chi connectivity index (χ0) is 19.2. The topological polar surface area (TPSA) is 63.2 Å². The van der Waals surface area contributed by atoms with E-state index in [2.05, 4.69) is 11.4 Å². The van der Waals surface area contributed by atoms with Crippen LogP contribution in [0.1, 0.15) is 33.9 Å². The molecule has 0 fully saturated rings. The van der Waals surface area contributed by atoms with E-state index in [1.54, 1.807) is 29.6 Å². The Balaban J connectivity index is 1.83. The van der Waals surface area contributed by atoms with Crippen LogP contribution in [0.25, 0.3) is 0 Å². The molecule has 0 aliphatic carbocycles. The summed E-state index contributed by atoms with van der Waals surface area (Å²) in [5, 5.41) is 4.45. The van der Waals surface area contributed by atoms with Crippen LogP contribution in [0.2, 0.25) is 0 Å². The maximum Gasteiger partial charge on any atom is 0.225 e. The number of benzene rings is 2. The molecule has 4 rings (SSSR count). The van der Waals surface area contributed by atoms with Crippen molar-refractivity contribution < 1.29 is 13.2 Å². The maximum atomic E-state index is 13.1. The van der Waals surface area contributed by atoms with E-state index in [0.717, 1.165) is 21.6 Å². The van der Waals surface area contributed by atoms with E-state index in [9.17, 15) is 13.2 Å². The molecule has 6 heteroatoms. The van der Waals surface area contributed by atoms with Crippen molar-refractivity contribution in [1.29, 1.82) is 0 Å². The Morgan fingerprint density at radius 3 is 2.48 bits per heavy atom. The normalized spacial score (nSPS) is 16.7. The molecule has 1 N–H and O–H groups in total. The van der Waals surface area contributed by atoms with Crippen molar-refractivity contribution in [2.24, 2.45) is 0 Å². The summed E-state index contributed by atoms with van der Waals surface area (Å²) >= 11 is 1.39. The van der Waals surface area contributed by atoms with Gasteiger partial charge in [-0.1, -0.05) is 47.5 Å². The predicted octanol–water partition coefficient (Wildman–Crippen LogP) is 4.67. The molecule has 3 aromatic rings. The van der Waals surface area contributed by atoms with Gasteiger partial charge in [0, 0.05) is 22.6 Å². The van der Waals surface area contributed by atoms with E-state index in [4.69, 9.17) is 0 Å². The quantitative estimate of drug-likeness (QED) is 0.698. The number of aryl methyl sites for hydroxylation is 2. The molecule has 0 bridgehead atoms. The lowest BCUT2D eigenvalue weighted by atomic mass is 9.90. The Morgan fingerprint density at radius 1 is 1.04 bits per heavy atom. The van der Waals surface area contributed by atoms with Crippen LogP contribution in [-0.2, 0) is 14.6 Å². The summed E-state index contributed by atoms with van der Waals surface area (Å²) in [5.74, 6) is -0.284. The number of thiophene rings is 1. The smallest absolute Gasteiger partial charge is 0.225 e. The summed E-state index contributed by atoms with van der Waals surface area (Å²) < 4.78 is 26.3. The lowest BCUT2D eigenvalue weighted by Crippen LogP contribution is -2.23. The van der Waals surface area contributed by atoms with Crippen molar-refractivity contribution in [2.45, 2.75) is 36.0 Å². The largest absolute Gasteiger partial charge is 0.324 e. The minimum atomic E-state index is -3.70. The highest BCUT2D eigenvalue weighted by molar-refractivity contribution is 7.91. The number of carbonyl (C=O) groups is 1. The summed E-state index contributed by atoms with van der Waals surface area (Å²) in [6.45, 7) is 3.92. The van der Waals surface area contributed by atoms with Crippen molar-refractivity contribution in [1.82, 2.24) is 0 Å². The van der Waals surface area contributed by atoms with Gasteiger partial charge < -0.3 is 5.32 Å². The Labute approximate surface area is 162 Å². The van der Waals surface area contributed by atoms with Crippen molar-refractivity contribution in [3.63, 3.8) is 0 Å². The number of hydrogen-bond donors (Lipinski definition) is 1. The number of fused-ring (bicyclic) bond motifs is 1. The lowest BCUT2D eigenvalue weighted by molar-refractivity contribution is -0.116. The molecule has 1 aliphatic rings. The number of amides is 1. The first-order valence-electron chi connectivity index (χ1n) is 8.66. The monoisotopic (exact) mass is 397 g/mol. The van der Waals surface area contributed by atoms with Crippen LogP contribution in [0.4, 0.5) is 5.69 Å². The third-order valence-electron chi connectivity index (χ3n) is 4.82. The molecular formula is C21H19NO3S2. The second-order valence-electron chi connectivity index (χ2n) is 6.87. The van der Waals surface area contributed by atoms with Gasteiger partial charge in [0.15, 0.2) is 0 Å². The Hall–Kier alpha value is -2.44. The highest BCUT2D eigenvalue weighted by Crippen LogP contribution is 2.45. The number of anilines is 1. The van der Waals surface area contributed by atoms with Gasteiger partial charge in [-0.05, 0) is 31.5 Å². The van der Waals surface area contributed by atoms with Crippen molar-refractivity contribution in [3.8, 4) is 0 Å². The third-order valence-corrected chi connectivity index (χ3v) is 7.86. The van der Waals surface area contributed by atoms with Gasteiger partial charge in [-0.2, -0.15) is 0 Å². The minimum absolute atomic E-state index is 0.124. The fraction of sp³-hybridized carbons (Fsp3) is 0.190. The summed E-state index contributed by atoms with van der Waals surface area (Å²) in [6.07, 6.45) is 0.320. The molecule has 4 nitrogen and oxygen atoms in total. The van der Waals surface area contributed by atoms with Crippen LogP contribution in [0.15, 0.2) is 63.7 Å². The van der Waals surface area contributed by atoms with E-state index in [-0.39, 0.29) is 21.6 Å². The van der Waals surface area contributed by atoms with E-state index < -0.39 is 9.84 Å². The molecule has 2 heterocycles. The summed E-state index contributed by atoms with van der Waals surface area (Å²) in [7, 11) is -3.70. The van der Waals surface area contributed by atoms with Gasteiger partial charge in [0.25, 0.3) is 0 Å². The van der Waals surface area contributed by atoms with Crippen LogP contribution in [0, 0.1) is 13.8 Å². The SMILES string of the molecule is Cc1ccc(S(=O)(=O)c2csc3c2NC(=O)C[C@@H]3c2cccc(C)c2)cc1. The summed E-state index contributed by atoms with van der Waals surface area (Å²) in [5.41, 5.74) is 3.58. The molecule has 27 heavy (non-hydrogen) atoms. The van der Waals surface area contributed by atoms with Crippen LogP contribution in [0.5, 0.6) is 0 Å². The fourth-order valence-corrected chi connectivity index (χ4v) is 6.31. The van der Waals surface area contributed by atoms with Gasteiger partial charge in [-0.3, -0.25) is 4.79 Å². The Morgan fingerprint density at radius 2 is 1.78 bits per heavy atom. The molecule has 0 spiro atoms. The average molecular weight is 398 g/mol. The van der Waals surface area contributed by atoms with E-state index in [1.807, 2.05) is 32.0 Å². The van der Waals surface area contributed by atoms with Crippen molar-refractivity contribution >= 4 is 32.8 Å². The van der Waals surface area contributed by atoms with Crippen LogP contribution >= 0.6 is 11.3 Å². The van der Waals surface area contributed by atoms with Crippen molar-refractivity contribution in [2.75, 3.05) is 5.32 Å². The number of sulfone groups is 1. The first kappa shape index (κ1) is 17.9. The summed E-state index contributed by atoms with van der Waals surface area (Å²) in [6, 6.07) is 14.8. The van der Waals surface area contributed by atoms with Gasteiger partial charge in [0.1, 0.15) is 4.90 Å². The van der Waals surface area contributed by atoms with Gasteiger partial charge in [-0.25, -0.2) is 8.42 Å². The average Bonchev–Trinajstić information content (AvgIpc) is 3.06. The minimum Gasteiger partial charge on any atom is -0.324 e. The molecule has 2 aromatic carbocycles. The first-order chi connectivity index (χ1) is 12.9. The number of nitrogens with one attached hydrogen (secondary N) is 1. The highest BCUT2D eigenvalue weighted by atomic mass is 32.2. The second-order valence-corrected chi connectivity index (χ2v) is 9.70. The molecule has 0 unspecified atom stereocenters. The second kappa shape index (κ2) is 6.62. The van der Waals surface area contributed by atoms with E-state index in [0.29, 0.717) is 12.1 Å². The van der Waals surface area contributed by atoms with Crippen LogP contribution in [-0.4, -0.2) is 14.3 Å². The molecule has 138 valence electrons. The maximum absolute atomic E-state index is 13.1. The molecular weight excluding hydrogens is 378 g/mol. The standard InChI is InChI=1S/C21H19NO3S2/c1-13-6-8-16(9-7-13)27(24,25)18-12-26-21-17(11-19(23)22-20(18)21)15-5-3-4-14(2)10-15/h3-10,12,17H,11H2,1-2H3,(H,22,23)/t17-/m1/s1. The lowest BCUT2D eigenvalue weighted by Gasteiger charge is -2.24. The molecule has 1 aliphatic heterocycles. The Bertz CT molecular complexity index is 1130. The van der Waals surface area contributed by atoms with Gasteiger partial charge >= 0.3 is 0 Å². The van der Waals surface area contributed by atoms with Crippen LogP contribution < -0.4 is 5.32 Å². The van der Waals surface area contributed by atoms with Crippen LogP contribution in [0.3, 0.4) is 0 Å². The number of carbonyl (C=O) groups excluding carboxylic acids is 1. The molecule has 1 atom stereocenters. The number of rotatable bonds is 3. The summed E-state index contributed by atoms with van der Waals surface area (Å²) in [4.78, 5) is 13.7. The molecule has 0 radical (unpaired) electrons. The van der Waals surface area contributed by atoms with Gasteiger partial charge in [-0.15, -0.1) is 11.3 Å². The third kappa shape index (κ3) is 3.19.